The summed E-state index contributed by atoms with van der Waals surface area (Å²) in [6.45, 7) is 5.67. The second kappa shape index (κ2) is 3.42. The molecule has 0 aliphatic heterocycles. The Hall–Kier alpha value is -0.960. The molecule has 0 aliphatic rings. The fourth-order valence-electron chi connectivity index (χ4n) is 1.08. The van der Waals surface area contributed by atoms with Crippen molar-refractivity contribution in [1.29, 1.82) is 0 Å². The van der Waals surface area contributed by atoms with Crippen molar-refractivity contribution in [2.75, 3.05) is 0 Å². The molecule has 0 fully saturated rings. The minimum absolute atomic E-state index is 0.296. The maximum absolute atomic E-state index is 12.7. The molecule has 1 atom stereocenters. The van der Waals surface area contributed by atoms with Gasteiger partial charge in [-0.2, -0.15) is 0 Å². The Balaban J connectivity index is 2.96. The molecule has 1 unspecified atom stereocenters. The van der Waals surface area contributed by atoms with E-state index in [2.05, 4.69) is 4.98 Å². The lowest BCUT2D eigenvalue weighted by molar-refractivity contribution is 0.0621. The average molecular weight is 183 g/mol. The second-order valence-electron chi connectivity index (χ2n) is 4.21. The lowest BCUT2D eigenvalue weighted by atomic mass is 9.85. The van der Waals surface area contributed by atoms with Crippen molar-refractivity contribution in [1.82, 2.24) is 4.98 Å². The van der Waals surface area contributed by atoms with Crippen LogP contribution in [0.4, 0.5) is 4.39 Å². The van der Waals surface area contributed by atoms with E-state index in [4.69, 9.17) is 0 Å². The van der Waals surface area contributed by atoms with Gasteiger partial charge in [0.05, 0.1) is 12.3 Å². The minimum Gasteiger partial charge on any atom is -0.388 e. The van der Waals surface area contributed by atoms with Crippen molar-refractivity contribution >= 4 is 0 Å². The van der Waals surface area contributed by atoms with E-state index in [9.17, 15) is 9.50 Å². The van der Waals surface area contributed by atoms with Crippen LogP contribution in [-0.2, 0) is 0 Å². The maximum Gasteiger partial charge on any atom is 0.141 e. The maximum atomic E-state index is 12.7. The third-order valence-electron chi connectivity index (χ3n) is 1.86. The van der Waals surface area contributed by atoms with Crippen molar-refractivity contribution in [3.63, 3.8) is 0 Å². The summed E-state index contributed by atoms with van der Waals surface area (Å²) in [4.78, 5) is 3.68. The average Bonchev–Trinajstić information content (AvgIpc) is 2.01. The van der Waals surface area contributed by atoms with Crippen LogP contribution >= 0.6 is 0 Å². The van der Waals surface area contributed by atoms with Crippen LogP contribution in [0.2, 0.25) is 0 Å². The number of aliphatic hydroxyl groups is 1. The molecular weight excluding hydrogens is 169 g/mol. The van der Waals surface area contributed by atoms with Gasteiger partial charge < -0.3 is 5.11 Å². The van der Waals surface area contributed by atoms with E-state index >= 15 is 0 Å². The zero-order valence-electron chi connectivity index (χ0n) is 8.08. The zero-order chi connectivity index (χ0) is 10.1. The van der Waals surface area contributed by atoms with E-state index in [-0.39, 0.29) is 5.41 Å². The van der Waals surface area contributed by atoms with Crippen molar-refractivity contribution < 1.29 is 9.50 Å². The summed E-state index contributed by atoms with van der Waals surface area (Å²) in [6.07, 6.45) is 1.92. The van der Waals surface area contributed by atoms with E-state index in [1.807, 2.05) is 20.8 Å². The van der Waals surface area contributed by atoms with Gasteiger partial charge in [-0.1, -0.05) is 20.8 Å². The van der Waals surface area contributed by atoms with Crippen LogP contribution in [0.3, 0.4) is 0 Å². The quantitative estimate of drug-likeness (QED) is 0.724. The first-order valence-electron chi connectivity index (χ1n) is 4.20. The number of hydrogen-bond donors (Lipinski definition) is 1. The summed E-state index contributed by atoms with van der Waals surface area (Å²) in [7, 11) is 0. The molecule has 0 amide bonds. The summed E-state index contributed by atoms with van der Waals surface area (Å²) in [5.74, 6) is -0.416. The third kappa shape index (κ3) is 2.49. The molecular formula is C10H14FNO. The van der Waals surface area contributed by atoms with Gasteiger partial charge in [-0.05, 0) is 11.5 Å². The van der Waals surface area contributed by atoms with Gasteiger partial charge in [-0.25, -0.2) is 4.39 Å². The number of rotatable bonds is 1. The van der Waals surface area contributed by atoms with Gasteiger partial charge in [0.15, 0.2) is 0 Å². The largest absolute Gasteiger partial charge is 0.388 e. The Bertz CT molecular complexity index is 293. The summed E-state index contributed by atoms with van der Waals surface area (Å²) in [5.41, 5.74) is 0.225. The topological polar surface area (TPSA) is 33.1 Å². The van der Waals surface area contributed by atoms with Gasteiger partial charge in [0.2, 0.25) is 0 Å². The highest BCUT2D eigenvalue weighted by atomic mass is 19.1. The van der Waals surface area contributed by atoms with Crippen molar-refractivity contribution in [3.8, 4) is 0 Å². The van der Waals surface area contributed by atoms with Crippen molar-refractivity contribution in [3.05, 3.63) is 29.8 Å². The van der Waals surface area contributed by atoms with E-state index < -0.39 is 11.9 Å². The molecule has 0 saturated carbocycles. The van der Waals surface area contributed by atoms with Gasteiger partial charge in [0.1, 0.15) is 5.82 Å². The summed E-state index contributed by atoms with van der Waals surface area (Å²) in [6, 6.07) is 1.31. The predicted octanol–water partition coefficient (Wildman–Crippen LogP) is 2.30. The number of nitrogens with zero attached hydrogens (tertiary/aromatic N) is 1. The van der Waals surface area contributed by atoms with Gasteiger partial charge >= 0.3 is 0 Å². The van der Waals surface area contributed by atoms with Crippen LogP contribution in [0.25, 0.3) is 0 Å². The monoisotopic (exact) mass is 183 g/mol. The van der Waals surface area contributed by atoms with Crippen LogP contribution in [0.15, 0.2) is 18.5 Å². The summed E-state index contributed by atoms with van der Waals surface area (Å²) >= 11 is 0. The van der Waals surface area contributed by atoms with E-state index in [1.165, 1.54) is 12.3 Å². The standard InChI is InChI=1S/C10H14FNO/c1-10(2,3)9(13)7-4-8(11)6-12-5-7/h4-6,9,13H,1-3H3. The molecule has 1 aromatic rings. The molecule has 1 heterocycles. The highest BCUT2D eigenvalue weighted by Gasteiger charge is 2.24. The lowest BCUT2D eigenvalue weighted by Gasteiger charge is -2.25. The van der Waals surface area contributed by atoms with Gasteiger partial charge in [0.25, 0.3) is 0 Å². The molecule has 0 bridgehead atoms. The van der Waals surface area contributed by atoms with E-state index in [1.54, 1.807) is 0 Å². The number of hydrogen-bond acceptors (Lipinski definition) is 2. The predicted molar refractivity (Wildman–Crippen MR) is 48.6 cm³/mol. The molecule has 72 valence electrons. The number of aromatic nitrogens is 1. The molecule has 2 nitrogen and oxygen atoms in total. The molecule has 1 rings (SSSR count). The Morgan fingerprint density at radius 1 is 1.38 bits per heavy atom. The Kier molecular flexibility index (Phi) is 2.66. The first-order chi connectivity index (χ1) is 5.91. The van der Waals surface area contributed by atoms with Crippen LogP contribution in [0.5, 0.6) is 0 Å². The summed E-state index contributed by atoms with van der Waals surface area (Å²) < 4.78 is 12.7. The first-order valence-corrected chi connectivity index (χ1v) is 4.20. The molecule has 1 N–H and O–H groups in total. The van der Waals surface area contributed by atoms with Gasteiger partial charge in [0, 0.05) is 11.8 Å². The molecule has 0 radical (unpaired) electrons. The molecule has 0 aromatic carbocycles. The molecule has 3 heteroatoms. The van der Waals surface area contributed by atoms with Crippen molar-refractivity contribution in [2.45, 2.75) is 26.9 Å². The van der Waals surface area contributed by atoms with Crippen LogP contribution in [0.1, 0.15) is 32.4 Å². The van der Waals surface area contributed by atoms with Gasteiger partial charge in [-0.15, -0.1) is 0 Å². The normalized spacial score (nSPS) is 14.2. The molecule has 0 spiro atoms. The van der Waals surface area contributed by atoms with Crippen LogP contribution in [0, 0.1) is 11.2 Å². The van der Waals surface area contributed by atoms with E-state index in [0.717, 1.165) is 6.20 Å². The highest BCUT2D eigenvalue weighted by molar-refractivity contribution is 5.15. The van der Waals surface area contributed by atoms with Gasteiger partial charge in [-0.3, -0.25) is 4.98 Å². The first kappa shape index (κ1) is 10.1. The number of aliphatic hydroxyl groups excluding tert-OH is 1. The van der Waals surface area contributed by atoms with E-state index in [0.29, 0.717) is 5.56 Å². The Labute approximate surface area is 77.4 Å². The Morgan fingerprint density at radius 2 is 2.00 bits per heavy atom. The summed E-state index contributed by atoms with van der Waals surface area (Å²) in [5, 5.41) is 9.77. The third-order valence-corrected chi connectivity index (χ3v) is 1.86. The second-order valence-corrected chi connectivity index (χ2v) is 4.21. The SMILES string of the molecule is CC(C)(C)C(O)c1cncc(F)c1. The number of halogens is 1. The molecule has 1 aromatic heterocycles. The zero-order valence-corrected chi connectivity index (χ0v) is 8.08. The lowest BCUT2D eigenvalue weighted by Crippen LogP contribution is -2.18. The van der Waals surface area contributed by atoms with Crippen LogP contribution < -0.4 is 0 Å². The van der Waals surface area contributed by atoms with Crippen LogP contribution in [-0.4, -0.2) is 10.1 Å². The Morgan fingerprint density at radius 3 is 2.46 bits per heavy atom. The fourth-order valence-corrected chi connectivity index (χ4v) is 1.08. The molecule has 0 aliphatic carbocycles. The fraction of sp³-hybridized carbons (Fsp3) is 0.500. The highest BCUT2D eigenvalue weighted by Crippen LogP contribution is 2.31. The minimum atomic E-state index is -0.685. The smallest absolute Gasteiger partial charge is 0.141 e. The molecule has 13 heavy (non-hydrogen) atoms. The van der Waals surface area contributed by atoms with Crippen molar-refractivity contribution in [2.24, 2.45) is 5.41 Å². The molecule has 0 saturated heterocycles. The number of pyridine rings is 1.